The van der Waals surface area contributed by atoms with Gasteiger partial charge in [-0.1, -0.05) is 0 Å². The molecular formula is C8H6BrN3O2. The molecule has 2 heterocycles. The number of hydrogen-bond donors (Lipinski definition) is 2. The van der Waals surface area contributed by atoms with Crippen molar-refractivity contribution in [2.24, 2.45) is 0 Å². The van der Waals surface area contributed by atoms with Crippen LogP contribution in [0.1, 0.15) is 16.1 Å². The number of nitrogens with one attached hydrogen (secondary N) is 1. The molecular weight excluding hydrogens is 250 g/mol. The van der Waals surface area contributed by atoms with Crippen LogP contribution in [0.2, 0.25) is 0 Å². The molecule has 0 aromatic carbocycles. The van der Waals surface area contributed by atoms with Crippen LogP contribution in [-0.4, -0.2) is 26.3 Å². The SMILES string of the molecule is Cc1nc2n[nH]c(Br)c2cc1C(=O)O. The molecule has 5 nitrogen and oxygen atoms in total. The molecule has 72 valence electrons. The molecule has 2 aromatic rings. The first-order chi connectivity index (χ1) is 6.59. The number of fused-ring (bicyclic) bond motifs is 1. The van der Waals surface area contributed by atoms with E-state index in [-0.39, 0.29) is 5.56 Å². The third-order valence-corrected chi connectivity index (χ3v) is 2.52. The van der Waals surface area contributed by atoms with E-state index in [4.69, 9.17) is 5.11 Å². The fourth-order valence-corrected chi connectivity index (χ4v) is 1.60. The Labute approximate surface area is 87.3 Å². The van der Waals surface area contributed by atoms with Crippen LogP contribution in [0.3, 0.4) is 0 Å². The lowest BCUT2D eigenvalue weighted by Crippen LogP contribution is -2.01. The molecule has 0 aliphatic heterocycles. The molecule has 0 amide bonds. The fraction of sp³-hybridized carbons (Fsp3) is 0.125. The van der Waals surface area contributed by atoms with Crippen molar-refractivity contribution < 1.29 is 9.90 Å². The van der Waals surface area contributed by atoms with Crippen LogP contribution in [0, 0.1) is 6.92 Å². The lowest BCUT2D eigenvalue weighted by molar-refractivity contribution is 0.0696. The van der Waals surface area contributed by atoms with Gasteiger partial charge in [-0.05, 0) is 28.9 Å². The van der Waals surface area contributed by atoms with E-state index in [1.54, 1.807) is 13.0 Å². The van der Waals surface area contributed by atoms with Crippen LogP contribution in [0.25, 0.3) is 11.0 Å². The number of carboxylic acid groups (broad SMARTS) is 1. The van der Waals surface area contributed by atoms with Gasteiger partial charge in [0.05, 0.1) is 16.6 Å². The number of pyridine rings is 1. The van der Waals surface area contributed by atoms with Gasteiger partial charge in [0.2, 0.25) is 0 Å². The van der Waals surface area contributed by atoms with Crippen molar-refractivity contribution in [3.05, 3.63) is 21.9 Å². The van der Waals surface area contributed by atoms with Crippen molar-refractivity contribution in [1.29, 1.82) is 0 Å². The van der Waals surface area contributed by atoms with E-state index in [1.165, 1.54) is 0 Å². The van der Waals surface area contributed by atoms with E-state index >= 15 is 0 Å². The summed E-state index contributed by atoms with van der Waals surface area (Å²) in [7, 11) is 0. The van der Waals surface area contributed by atoms with Gasteiger partial charge in [-0.2, -0.15) is 5.10 Å². The second kappa shape index (κ2) is 3.06. The number of hydrogen-bond acceptors (Lipinski definition) is 3. The van der Waals surface area contributed by atoms with E-state index in [0.717, 1.165) is 0 Å². The highest BCUT2D eigenvalue weighted by atomic mass is 79.9. The molecule has 0 aliphatic rings. The van der Waals surface area contributed by atoms with Crippen molar-refractivity contribution in [2.75, 3.05) is 0 Å². The van der Waals surface area contributed by atoms with Crippen molar-refractivity contribution in [3.8, 4) is 0 Å². The van der Waals surface area contributed by atoms with E-state index in [1.807, 2.05) is 0 Å². The molecule has 14 heavy (non-hydrogen) atoms. The zero-order chi connectivity index (χ0) is 10.3. The number of aryl methyl sites for hydroxylation is 1. The zero-order valence-electron chi connectivity index (χ0n) is 7.21. The van der Waals surface area contributed by atoms with Crippen LogP contribution >= 0.6 is 15.9 Å². The average Bonchev–Trinajstić information content (AvgIpc) is 2.46. The monoisotopic (exact) mass is 255 g/mol. The van der Waals surface area contributed by atoms with E-state index in [9.17, 15) is 4.79 Å². The molecule has 6 heteroatoms. The topological polar surface area (TPSA) is 78.9 Å². The first-order valence-electron chi connectivity index (χ1n) is 3.84. The molecule has 0 saturated heterocycles. The summed E-state index contributed by atoms with van der Waals surface area (Å²) >= 11 is 3.22. The number of carboxylic acids is 1. The number of rotatable bonds is 1. The van der Waals surface area contributed by atoms with Crippen LogP contribution in [-0.2, 0) is 0 Å². The maximum absolute atomic E-state index is 10.8. The Kier molecular flexibility index (Phi) is 1.99. The van der Waals surface area contributed by atoms with Crippen molar-refractivity contribution in [2.45, 2.75) is 6.92 Å². The molecule has 0 saturated carbocycles. The predicted octanol–water partition coefficient (Wildman–Crippen LogP) is 1.73. The van der Waals surface area contributed by atoms with Crippen molar-refractivity contribution in [3.63, 3.8) is 0 Å². The van der Waals surface area contributed by atoms with Crippen LogP contribution < -0.4 is 0 Å². The molecule has 2 aromatic heterocycles. The largest absolute Gasteiger partial charge is 0.478 e. The number of H-pyrrole nitrogens is 1. The summed E-state index contributed by atoms with van der Waals surface area (Å²) in [4.78, 5) is 14.9. The van der Waals surface area contributed by atoms with Gasteiger partial charge in [0.25, 0.3) is 0 Å². The predicted molar refractivity (Wildman–Crippen MR) is 53.3 cm³/mol. The van der Waals surface area contributed by atoms with Gasteiger partial charge < -0.3 is 5.11 Å². The van der Waals surface area contributed by atoms with Gasteiger partial charge in [0.1, 0.15) is 4.60 Å². The minimum Gasteiger partial charge on any atom is -0.478 e. The Hall–Kier alpha value is -1.43. The molecule has 0 aliphatic carbocycles. The minimum absolute atomic E-state index is 0.194. The van der Waals surface area contributed by atoms with Crippen LogP contribution in [0.4, 0.5) is 0 Å². The van der Waals surface area contributed by atoms with Gasteiger partial charge in [-0.25, -0.2) is 9.78 Å². The Bertz CT molecular complexity index is 521. The quantitative estimate of drug-likeness (QED) is 0.814. The van der Waals surface area contributed by atoms with Gasteiger partial charge in [0.15, 0.2) is 5.65 Å². The summed E-state index contributed by atoms with van der Waals surface area (Å²) in [6, 6.07) is 1.55. The summed E-state index contributed by atoms with van der Waals surface area (Å²) in [6.45, 7) is 1.64. The van der Waals surface area contributed by atoms with Crippen LogP contribution in [0.15, 0.2) is 10.7 Å². The Morgan fingerprint density at radius 3 is 3.00 bits per heavy atom. The molecule has 2 N–H and O–H groups in total. The Balaban J connectivity index is 2.80. The third-order valence-electron chi connectivity index (χ3n) is 1.92. The molecule has 0 unspecified atom stereocenters. The number of halogens is 1. The fourth-order valence-electron chi connectivity index (χ4n) is 1.22. The average molecular weight is 256 g/mol. The highest BCUT2D eigenvalue weighted by Crippen LogP contribution is 2.21. The normalized spacial score (nSPS) is 10.7. The summed E-state index contributed by atoms with van der Waals surface area (Å²) in [5, 5.41) is 16.1. The first kappa shape index (κ1) is 9.14. The van der Waals surface area contributed by atoms with Gasteiger partial charge in [-0.3, -0.25) is 5.10 Å². The summed E-state index contributed by atoms with van der Waals surface area (Å²) in [6.07, 6.45) is 0. The number of aromatic nitrogens is 3. The lowest BCUT2D eigenvalue weighted by Gasteiger charge is -1.98. The van der Waals surface area contributed by atoms with Gasteiger partial charge in [-0.15, -0.1) is 0 Å². The molecule has 0 bridgehead atoms. The minimum atomic E-state index is -0.981. The highest BCUT2D eigenvalue weighted by molar-refractivity contribution is 9.10. The summed E-state index contributed by atoms with van der Waals surface area (Å²) < 4.78 is 0.641. The molecule has 0 spiro atoms. The molecule has 2 rings (SSSR count). The first-order valence-corrected chi connectivity index (χ1v) is 4.63. The smallest absolute Gasteiger partial charge is 0.337 e. The van der Waals surface area contributed by atoms with Crippen LogP contribution in [0.5, 0.6) is 0 Å². The number of aromatic carboxylic acids is 1. The summed E-state index contributed by atoms with van der Waals surface area (Å²) in [5.41, 5.74) is 1.17. The number of carbonyl (C=O) groups is 1. The third kappa shape index (κ3) is 1.27. The Morgan fingerprint density at radius 2 is 2.36 bits per heavy atom. The summed E-state index contributed by atoms with van der Waals surface area (Å²) in [5.74, 6) is -0.981. The van der Waals surface area contributed by atoms with Crippen molar-refractivity contribution in [1.82, 2.24) is 15.2 Å². The van der Waals surface area contributed by atoms with E-state index in [0.29, 0.717) is 21.3 Å². The van der Waals surface area contributed by atoms with Gasteiger partial charge in [0, 0.05) is 0 Å². The van der Waals surface area contributed by atoms with E-state index in [2.05, 4.69) is 31.1 Å². The van der Waals surface area contributed by atoms with Gasteiger partial charge >= 0.3 is 5.97 Å². The zero-order valence-corrected chi connectivity index (χ0v) is 8.79. The molecule has 0 fully saturated rings. The lowest BCUT2D eigenvalue weighted by atomic mass is 10.2. The maximum Gasteiger partial charge on any atom is 0.337 e. The Morgan fingerprint density at radius 1 is 1.64 bits per heavy atom. The highest BCUT2D eigenvalue weighted by Gasteiger charge is 2.12. The van der Waals surface area contributed by atoms with E-state index < -0.39 is 5.97 Å². The number of nitrogens with zero attached hydrogens (tertiary/aromatic N) is 2. The molecule has 0 radical (unpaired) electrons. The second-order valence-corrected chi connectivity index (χ2v) is 3.63. The standard InChI is InChI=1S/C8H6BrN3O2/c1-3-4(8(13)14)2-5-6(9)11-12-7(5)10-3/h2H,1H3,(H,13,14)(H,10,11,12). The number of aromatic amines is 1. The van der Waals surface area contributed by atoms with Crippen molar-refractivity contribution >= 4 is 32.9 Å². The molecule has 0 atom stereocenters. The second-order valence-electron chi connectivity index (χ2n) is 2.84. The maximum atomic E-state index is 10.8.